The van der Waals surface area contributed by atoms with Gasteiger partial charge in [0.15, 0.2) is 0 Å². The summed E-state index contributed by atoms with van der Waals surface area (Å²) in [7, 11) is 3.82. The Kier molecular flexibility index (Phi) is 4.94. The third kappa shape index (κ3) is 3.93. The summed E-state index contributed by atoms with van der Waals surface area (Å²) in [5.74, 6) is 1.82. The van der Waals surface area contributed by atoms with Gasteiger partial charge in [0.1, 0.15) is 0 Å². The number of hydrogen-bond acceptors (Lipinski definition) is 7. The topological polar surface area (TPSA) is 86.2 Å². The van der Waals surface area contributed by atoms with Gasteiger partial charge in [-0.15, -0.1) is 0 Å². The van der Waals surface area contributed by atoms with E-state index in [0.29, 0.717) is 23.9 Å². The number of nitrogens with zero attached hydrogens (tertiary/aromatic N) is 4. The van der Waals surface area contributed by atoms with Crippen molar-refractivity contribution in [2.45, 2.75) is 44.8 Å². The third-order valence-corrected chi connectivity index (χ3v) is 3.39. The predicted molar refractivity (Wildman–Crippen MR) is 80.2 cm³/mol. The molecule has 1 aliphatic rings. The number of aliphatic hydroxyl groups excluding tert-OH is 1. The van der Waals surface area contributed by atoms with Gasteiger partial charge in [0.25, 0.3) is 0 Å². The van der Waals surface area contributed by atoms with Crippen molar-refractivity contribution in [1.82, 2.24) is 15.0 Å². The third-order valence-electron chi connectivity index (χ3n) is 3.39. The van der Waals surface area contributed by atoms with Crippen molar-refractivity contribution in [1.29, 1.82) is 0 Å². The first-order valence-electron chi connectivity index (χ1n) is 7.20. The van der Waals surface area contributed by atoms with Crippen LogP contribution in [-0.2, 0) is 0 Å². The van der Waals surface area contributed by atoms with E-state index in [4.69, 9.17) is 0 Å². The van der Waals surface area contributed by atoms with Crippen molar-refractivity contribution in [3.63, 3.8) is 0 Å². The Morgan fingerprint density at radius 3 is 2.35 bits per heavy atom. The Bertz CT molecular complexity index is 431. The molecule has 1 saturated carbocycles. The molecule has 0 aromatic carbocycles. The van der Waals surface area contributed by atoms with Crippen LogP contribution in [0.2, 0.25) is 0 Å². The molecule has 20 heavy (non-hydrogen) atoms. The van der Waals surface area contributed by atoms with Crippen molar-refractivity contribution < 1.29 is 5.11 Å². The largest absolute Gasteiger partial charge is 0.393 e. The normalized spacial score (nSPS) is 22.4. The lowest BCUT2D eigenvalue weighted by molar-refractivity contribution is 0.126. The van der Waals surface area contributed by atoms with Crippen molar-refractivity contribution in [2.24, 2.45) is 0 Å². The van der Waals surface area contributed by atoms with E-state index in [0.717, 1.165) is 32.2 Å². The standard InChI is InChI=1S/C13H24N6O/c1-4-14-11-16-12(18-13(17-11)19(2)3)15-9-5-7-10(20)8-6-9/h9-10,20H,4-8H2,1-3H3,(H2,14,15,16,17,18). The van der Waals surface area contributed by atoms with E-state index >= 15 is 0 Å². The Labute approximate surface area is 119 Å². The van der Waals surface area contributed by atoms with Crippen LogP contribution in [0.25, 0.3) is 0 Å². The highest BCUT2D eigenvalue weighted by Crippen LogP contribution is 2.21. The SMILES string of the molecule is CCNc1nc(NC2CCC(O)CC2)nc(N(C)C)n1. The molecule has 0 bridgehead atoms. The molecule has 0 amide bonds. The van der Waals surface area contributed by atoms with Gasteiger partial charge in [-0.1, -0.05) is 0 Å². The van der Waals surface area contributed by atoms with E-state index in [1.807, 2.05) is 25.9 Å². The average molecular weight is 280 g/mol. The molecule has 0 unspecified atom stereocenters. The fraction of sp³-hybridized carbons (Fsp3) is 0.769. The van der Waals surface area contributed by atoms with Crippen molar-refractivity contribution in [3.05, 3.63) is 0 Å². The second-order valence-electron chi connectivity index (χ2n) is 5.36. The van der Waals surface area contributed by atoms with Crippen LogP contribution >= 0.6 is 0 Å². The number of rotatable bonds is 5. The molecular formula is C13H24N6O. The van der Waals surface area contributed by atoms with Crippen LogP contribution in [0.15, 0.2) is 0 Å². The predicted octanol–water partition coefficient (Wildman–Crippen LogP) is 1.08. The maximum absolute atomic E-state index is 9.54. The zero-order chi connectivity index (χ0) is 14.5. The van der Waals surface area contributed by atoms with Crippen LogP contribution in [-0.4, -0.2) is 52.8 Å². The van der Waals surface area contributed by atoms with E-state index in [9.17, 15) is 5.11 Å². The second-order valence-corrected chi connectivity index (χ2v) is 5.36. The van der Waals surface area contributed by atoms with Crippen LogP contribution in [0.1, 0.15) is 32.6 Å². The van der Waals surface area contributed by atoms with Gasteiger partial charge in [-0.2, -0.15) is 15.0 Å². The van der Waals surface area contributed by atoms with Gasteiger partial charge in [-0.25, -0.2) is 0 Å². The van der Waals surface area contributed by atoms with E-state index in [-0.39, 0.29) is 6.10 Å². The Morgan fingerprint density at radius 2 is 1.75 bits per heavy atom. The Hall–Kier alpha value is -1.63. The molecule has 2 rings (SSSR count). The molecule has 1 aliphatic carbocycles. The molecule has 7 nitrogen and oxygen atoms in total. The number of nitrogens with one attached hydrogen (secondary N) is 2. The summed E-state index contributed by atoms with van der Waals surface area (Å²) in [6.07, 6.45) is 3.41. The first-order chi connectivity index (χ1) is 9.58. The van der Waals surface area contributed by atoms with E-state index in [2.05, 4.69) is 25.6 Å². The smallest absolute Gasteiger partial charge is 0.231 e. The van der Waals surface area contributed by atoms with Gasteiger partial charge >= 0.3 is 0 Å². The molecule has 1 aromatic heterocycles. The first-order valence-corrected chi connectivity index (χ1v) is 7.20. The molecule has 0 saturated heterocycles. The lowest BCUT2D eigenvalue weighted by Crippen LogP contribution is -2.29. The van der Waals surface area contributed by atoms with Gasteiger partial charge in [0, 0.05) is 26.7 Å². The molecule has 1 fully saturated rings. The van der Waals surface area contributed by atoms with Gasteiger partial charge in [-0.05, 0) is 32.6 Å². The lowest BCUT2D eigenvalue weighted by Gasteiger charge is -2.26. The molecular weight excluding hydrogens is 256 g/mol. The van der Waals surface area contributed by atoms with Crippen LogP contribution in [0.4, 0.5) is 17.8 Å². The van der Waals surface area contributed by atoms with Gasteiger partial charge < -0.3 is 20.6 Å². The highest BCUT2D eigenvalue weighted by molar-refractivity contribution is 5.43. The van der Waals surface area contributed by atoms with Crippen LogP contribution in [0.3, 0.4) is 0 Å². The zero-order valence-corrected chi connectivity index (χ0v) is 12.4. The Morgan fingerprint density at radius 1 is 1.10 bits per heavy atom. The van der Waals surface area contributed by atoms with Crippen LogP contribution < -0.4 is 15.5 Å². The van der Waals surface area contributed by atoms with Crippen molar-refractivity contribution >= 4 is 17.8 Å². The van der Waals surface area contributed by atoms with Crippen LogP contribution in [0, 0.1) is 0 Å². The summed E-state index contributed by atoms with van der Waals surface area (Å²) in [6.45, 7) is 2.78. The van der Waals surface area contributed by atoms with Gasteiger partial charge in [-0.3, -0.25) is 0 Å². The highest BCUT2D eigenvalue weighted by Gasteiger charge is 2.20. The van der Waals surface area contributed by atoms with E-state index < -0.39 is 0 Å². The maximum atomic E-state index is 9.54. The molecule has 7 heteroatoms. The number of aromatic nitrogens is 3. The van der Waals surface area contributed by atoms with E-state index in [1.54, 1.807) is 0 Å². The first kappa shape index (κ1) is 14.8. The quantitative estimate of drug-likeness (QED) is 0.744. The summed E-state index contributed by atoms with van der Waals surface area (Å²) < 4.78 is 0. The Balaban J connectivity index is 2.09. The molecule has 0 atom stereocenters. The molecule has 0 radical (unpaired) electrons. The molecule has 0 spiro atoms. The summed E-state index contributed by atoms with van der Waals surface area (Å²) in [5.41, 5.74) is 0. The summed E-state index contributed by atoms with van der Waals surface area (Å²) in [5, 5.41) is 16.0. The van der Waals surface area contributed by atoms with Crippen molar-refractivity contribution in [2.75, 3.05) is 36.2 Å². The minimum atomic E-state index is -0.152. The minimum absolute atomic E-state index is 0.152. The second kappa shape index (κ2) is 6.69. The van der Waals surface area contributed by atoms with Gasteiger partial charge in [0.2, 0.25) is 17.8 Å². The molecule has 112 valence electrons. The maximum Gasteiger partial charge on any atom is 0.231 e. The monoisotopic (exact) mass is 280 g/mol. The summed E-state index contributed by atoms with van der Waals surface area (Å²) in [4.78, 5) is 15.0. The number of aliphatic hydroxyl groups is 1. The van der Waals surface area contributed by atoms with E-state index in [1.165, 1.54) is 0 Å². The summed E-state index contributed by atoms with van der Waals surface area (Å²) in [6, 6.07) is 0.324. The molecule has 0 aliphatic heterocycles. The van der Waals surface area contributed by atoms with Crippen LogP contribution in [0.5, 0.6) is 0 Å². The van der Waals surface area contributed by atoms with Crippen molar-refractivity contribution in [3.8, 4) is 0 Å². The zero-order valence-electron chi connectivity index (χ0n) is 12.4. The fourth-order valence-corrected chi connectivity index (χ4v) is 2.27. The minimum Gasteiger partial charge on any atom is -0.393 e. The van der Waals surface area contributed by atoms with Gasteiger partial charge in [0.05, 0.1) is 6.10 Å². The highest BCUT2D eigenvalue weighted by atomic mass is 16.3. The fourth-order valence-electron chi connectivity index (χ4n) is 2.27. The molecule has 1 aromatic rings. The molecule has 3 N–H and O–H groups in total. The summed E-state index contributed by atoms with van der Waals surface area (Å²) >= 11 is 0. The lowest BCUT2D eigenvalue weighted by atomic mass is 9.93. The number of anilines is 3. The average Bonchev–Trinajstić information content (AvgIpc) is 2.41. The molecule has 1 heterocycles. The number of hydrogen-bond donors (Lipinski definition) is 3.